The minimum Gasteiger partial charge on any atom is -0.329 e. The van der Waals surface area contributed by atoms with Crippen molar-refractivity contribution < 1.29 is 4.79 Å². The van der Waals surface area contributed by atoms with Gasteiger partial charge in [-0.3, -0.25) is 4.79 Å². The maximum absolute atomic E-state index is 11.5. The minimum absolute atomic E-state index is 0.138. The van der Waals surface area contributed by atoms with Crippen LogP contribution in [0.2, 0.25) is 0 Å². The average Bonchev–Trinajstić information content (AvgIpc) is 2.29. The Morgan fingerprint density at radius 1 is 1.38 bits per heavy atom. The van der Waals surface area contributed by atoms with E-state index < -0.39 is 0 Å². The lowest BCUT2D eigenvalue weighted by Crippen LogP contribution is -2.45. The zero-order chi connectivity index (χ0) is 12.0. The second-order valence-electron chi connectivity index (χ2n) is 4.16. The summed E-state index contributed by atoms with van der Waals surface area (Å²) in [5.41, 5.74) is 6.71. The van der Waals surface area contributed by atoms with Crippen molar-refractivity contribution in [3.05, 3.63) is 35.9 Å². The van der Waals surface area contributed by atoms with E-state index in [4.69, 9.17) is 5.73 Å². The Bertz CT molecular complexity index is 324. The van der Waals surface area contributed by atoms with Crippen molar-refractivity contribution in [3.8, 4) is 0 Å². The van der Waals surface area contributed by atoms with Crippen molar-refractivity contribution in [1.29, 1.82) is 0 Å². The molecule has 3 N–H and O–H groups in total. The standard InChI is InChI=1S/C13H20N2O/c1-10(9-14)15-13(11(2)16)8-12-6-4-3-5-7-12/h3-7,10,13,15H,8-9,14H2,1-2H3. The van der Waals surface area contributed by atoms with Crippen LogP contribution in [0, 0.1) is 0 Å². The third kappa shape index (κ3) is 4.13. The van der Waals surface area contributed by atoms with Crippen molar-refractivity contribution in [2.75, 3.05) is 6.54 Å². The third-order valence-electron chi connectivity index (χ3n) is 2.61. The highest BCUT2D eigenvalue weighted by Gasteiger charge is 2.16. The van der Waals surface area contributed by atoms with Crippen LogP contribution in [0.5, 0.6) is 0 Å². The van der Waals surface area contributed by atoms with E-state index >= 15 is 0 Å². The molecule has 88 valence electrons. The molecule has 3 nitrogen and oxygen atoms in total. The van der Waals surface area contributed by atoms with E-state index in [0.717, 1.165) is 6.42 Å². The van der Waals surface area contributed by atoms with Gasteiger partial charge >= 0.3 is 0 Å². The Morgan fingerprint density at radius 2 is 2.00 bits per heavy atom. The number of benzene rings is 1. The van der Waals surface area contributed by atoms with Gasteiger partial charge in [0, 0.05) is 12.6 Å². The van der Waals surface area contributed by atoms with E-state index in [-0.39, 0.29) is 17.9 Å². The molecule has 1 rings (SSSR count). The molecule has 0 aliphatic heterocycles. The summed E-state index contributed by atoms with van der Waals surface area (Å²) >= 11 is 0. The van der Waals surface area contributed by atoms with Gasteiger partial charge in [0.05, 0.1) is 6.04 Å². The zero-order valence-corrected chi connectivity index (χ0v) is 9.94. The molecule has 0 bridgehead atoms. The van der Waals surface area contributed by atoms with Gasteiger partial charge in [-0.15, -0.1) is 0 Å². The fourth-order valence-corrected chi connectivity index (χ4v) is 1.58. The van der Waals surface area contributed by atoms with Crippen LogP contribution in [0.1, 0.15) is 19.4 Å². The number of ketones is 1. The van der Waals surface area contributed by atoms with Crippen LogP contribution in [0.3, 0.4) is 0 Å². The van der Waals surface area contributed by atoms with Gasteiger partial charge in [0.15, 0.2) is 0 Å². The monoisotopic (exact) mass is 220 g/mol. The molecule has 16 heavy (non-hydrogen) atoms. The van der Waals surface area contributed by atoms with Gasteiger partial charge in [-0.05, 0) is 25.8 Å². The Labute approximate surface area is 97.0 Å². The summed E-state index contributed by atoms with van der Waals surface area (Å²) < 4.78 is 0. The molecule has 0 heterocycles. The molecule has 1 aromatic carbocycles. The summed E-state index contributed by atoms with van der Waals surface area (Å²) in [7, 11) is 0. The SMILES string of the molecule is CC(=O)C(Cc1ccccc1)NC(C)CN. The van der Waals surface area contributed by atoms with Crippen LogP contribution in [-0.4, -0.2) is 24.4 Å². The highest BCUT2D eigenvalue weighted by molar-refractivity contribution is 5.81. The fraction of sp³-hybridized carbons (Fsp3) is 0.462. The highest BCUT2D eigenvalue weighted by atomic mass is 16.1. The largest absolute Gasteiger partial charge is 0.329 e. The maximum atomic E-state index is 11.5. The van der Waals surface area contributed by atoms with Crippen LogP contribution in [0.4, 0.5) is 0 Å². The number of carbonyl (C=O) groups is 1. The molecule has 0 saturated carbocycles. The minimum atomic E-state index is -0.138. The first-order valence-electron chi connectivity index (χ1n) is 5.64. The second-order valence-corrected chi connectivity index (χ2v) is 4.16. The Morgan fingerprint density at radius 3 is 2.50 bits per heavy atom. The number of hydrogen-bond donors (Lipinski definition) is 2. The van der Waals surface area contributed by atoms with Crippen molar-refractivity contribution in [3.63, 3.8) is 0 Å². The summed E-state index contributed by atoms with van der Waals surface area (Å²) in [5.74, 6) is 0.157. The van der Waals surface area contributed by atoms with Crippen molar-refractivity contribution >= 4 is 5.78 Å². The first kappa shape index (κ1) is 12.9. The summed E-state index contributed by atoms with van der Waals surface area (Å²) in [4.78, 5) is 11.5. The number of carbonyl (C=O) groups excluding carboxylic acids is 1. The van der Waals surface area contributed by atoms with E-state index in [0.29, 0.717) is 6.54 Å². The number of hydrogen-bond acceptors (Lipinski definition) is 3. The lowest BCUT2D eigenvalue weighted by atomic mass is 10.0. The van der Waals surface area contributed by atoms with Gasteiger partial charge in [-0.25, -0.2) is 0 Å². The average molecular weight is 220 g/mol. The highest BCUT2D eigenvalue weighted by Crippen LogP contribution is 2.04. The smallest absolute Gasteiger partial charge is 0.147 e. The molecule has 0 saturated heterocycles. The molecular weight excluding hydrogens is 200 g/mol. The number of nitrogens with one attached hydrogen (secondary N) is 1. The van der Waals surface area contributed by atoms with Crippen molar-refractivity contribution in [1.82, 2.24) is 5.32 Å². The predicted octanol–water partition coefficient (Wildman–Crippen LogP) is 1.12. The second kappa shape index (κ2) is 6.40. The molecule has 1 aromatic rings. The summed E-state index contributed by atoms with van der Waals surface area (Å²) in [6.07, 6.45) is 0.723. The quantitative estimate of drug-likeness (QED) is 0.755. The van der Waals surface area contributed by atoms with Crippen LogP contribution >= 0.6 is 0 Å². The molecule has 0 amide bonds. The van der Waals surface area contributed by atoms with E-state index in [9.17, 15) is 4.79 Å². The van der Waals surface area contributed by atoms with Crippen LogP contribution < -0.4 is 11.1 Å². The van der Waals surface area contributed by atoms with Gasteiger partial charge in [-0.2, -0.15) is 0 Å². The van der Waals surface area contributed by atoms with Crippen molar-refractivity contribution in [2.24, 2.45) is 5.73 Å². The summed E-state index contributed by atoms with van der Waals surface area (Å²) in [6, 6.07) is 10.0. The topological polar surface area (TPSA) is 55.1 Å². The molecule has 0 radical (unpaired) electrons. The van der Waals surface area contributed by atoms with Gasteiger partial charge in [-0.1, -0.05) is 30.3 Å². The van der Waals surface area contributed by atoms with Crippen LogP contribution in [-0.2, 0) is 11.2 Å². The molecule has 2 atom stereocenters. The Kier molecular flexibility index (Phi) is 5.15. The normalized spacial score (nSPS) is 14.4. The molecule has 0 fully saturated rings. The van der Waals surface area contributed by atoms with Crippen molar-refractivity contribution in [2.45, 2.75) is 32.4 Å². The third-order valence-corrected chi connectivity index (χ3v) is 2.61. The number of rotatable bonds is 6. The molecule has 0 spiro atoms. The predicted molar refractivity (Wildman–Crippen MR) is 66.3 cm³/mol. The molecule has 2 unspecified atom stereocenters. The zero-order valence-electron chi connectivity index (χ0n) is 9.94. The number of nitrogens with two attached hydrogens (primary N) is 1. The maximum Gasteiger partial charge on any atom is 0.147 e. The Hall–Kier alpha value is -1.19. The summed E-state index contributed by atoms with van der Waals surface area (Å²) in [6.45, 7) is 4.14. The van der Waals surface area contributed by atoms with Gasteiger partial charge in [0.25, 0.3) is 0 Å². The summed E-state index contributed by atoms with van der Waals surface area (Å²) in [5, 5.41) is 3.24. The number of Topliss-reactive ketones (excluding diaryl/α,β-unsaturated/α-hetero) is 1. The first-order chi connectivity index (χ1) is 7.63. The molecular formula is C13H20N2O. The van der Waals surface area contributed by atoms with Crippen LogP contribution in [0.25, 0.3) is 0 Å². The van der Waals surface area contributed by atoms with Gasteiger partial charge in [0.2, 0.25) is 0 Å². The lowest BCUT2D eigenvalue weighted by molar-refractivity contribution is -0.119. The molecule has 0 aromatic heterocycles. The van der Waals surface area contributed by atoms with Crippen LogP contribution in [0.15, 0.2) is 30.3 Å². The first-order valence-corrected chi connectivity index (χ1v) is 5.64. The van der Waals surface area contributed by atoms with E-state index in [2.05, 4.69) is 5.32 Å². The van der Waals surface area contributed by atoms with E-state index in [1.54, 1.807) is 6.92 Å². The van der Waals surface area contributed by atoms with Gasteiger partial charge in [0.1, 0.15) is 5.78 Å². The van der Waals surface area contributed by atoms with E-state index in [1.807, 2.05) is 37.3 Å². The fourth-order valence-electron chi connectivity index (χ4n) is 1.58. The molecule has 0 aliphatic rings. The molecule has 0 aliphatic carbocycles. The molecule has 3 heteroatoms. The lowest BCUT2D eigenvalue weighted by Gasteiger charge is -2.20. The van der Waals surface area contributed by atoms with Gasteiger partial charge < -0.3 is 11.1 Å². The Balaban J connectivity index is 2.62. The van der Waals surface area contributed by atoms with E-state index in [1.165, 1.54) is 5.56 Å².